The van der Waals surface area contributed by atoms with E-state index in [2.05, 4.69) is 15.0 Å². The van der Waals surface area contributed by atoms with Crippen LogP contribution in [-0.2, 0) is 16.0 Å². The molecule has 2 atom stereocenters. The number of carbonyl (C=O) groups excluding carboxylic acids is 1. The van der Waals surface area contributed by atoms with Gasteiger partial charge < -0.3 is 19.7 Å². The van der Waals surface area contributed by atoms with Crippen LogP contribution in [0, 0.1) is 11.8 Å². The van der Waals surface area contributed by atoms with Crippen molar-refractivity contribution in [3.63, 3.8) is 0 Å². The molecule has 0 amide bonds. The first-order chi connectivity index (χ1) is 12.7. The van der Waals surface area contributed by atoms with Crippen LogP contribution < -0.4 is 10.1 Å². The number of esters is 1. The third-order valence-corrected chi connectivity index (χ3v) is 4.48. The lowest BCUT2D eigenvalue weighted by Crippen LogP contribution is -2.41. The second-order valence-corrected chi connectivity index (χ2v) is 6.43. The predicted molar refractivity (Wildman–Crippen MR) is 110 cm³/mol. The van der Waals surface area contributed by atoms with Crippen molar-refractivity contribution in [2.45, 2.75) is 19.7 Å². The van der Waals surface area contributed by atoms with Gasteiger partial charge in [-0.1, -0.05) is 19.1 Å². The molecule has 1 saturated heterocycles. The lowest BCUT2D eigenvalue weighted by atomic mass is 9.99. The number of ether oxygens (including phenoxy) is 2. The largest absolute Gasteiger partial charge is 0.573 e. The van der Waals surface area contributed by atoms with Gasteiger partial charge in [0.15, 0.2) is 5.96 Å². The molecule has 0 aromatic heterocycles. The summed E-state index contributed by atoms with van der Waals surface area (Å²) in [6.45, 7) is 3.79. The molecule has 1 fully saturated rings. The van der Waals surface area contributed by atoms with Gasteiger partial charge in [-0.15, -0.1) is 37.1 Å². The first kappa shape index (κ1) is 24.3. The summed E-state index contributed by atoms with van der Waals surface area (Å²) in [7, 11) is 3.05. The van der Waals surface area contributed by atoms with Gasteiger partial charge in [0.1, 0.15) is 5.75 Å². The summed E-state index contributed by atoms with van der Waals surface area (Å²) in [5.41, 5.74) is 0.870. The summed E-state index contributed by atoms with van der Waals surface area (Å²) in [5, 5.41) is 3.22. The summed E-state index contributed by atoms with van der Waals surface area (Å²) in [6, 6.07) is 5.77. The highest BCUT2D eigenvalue weighted by atomic mass is 127. The summed E-state index contributed by atoms with van der Waals surface area (Å²) >= 11 is 0. The smallest absolute Gasteiger partial charge is 0.469 e. The maximum absolute atomic E-state index is 12.2. The topological polar surface area (TPSA) is 63.2 Å². The Balaban J connectivity index is 0.00000392. The van der Waals surface area contributed by atoms with Crippen LogP contribution in [0.15, 0.2) is 29.3 Å². The van der Waals surface area contributed by atoms with Gasteiger partial charge in [0, 0.05) is 26.7 Å². The number of methoxy groups -OCH3 is 1. The minimum Gasteiger partial charge on any atom is -0.469 e. The van der Waals surface area contributed by atoms with Crippen molar-refractivity contribution < 1.29 is 27.4 Å². The number of nitrogens with one attached hydrogen (secondary N) is 1. The molecule has 1 heterocycles. The van der Waals surface area contributed by atoms with Gasteiger partial charge in [-0.3, -0.25) is 9.79 Å². The van der Waals surface area contributed by atoms with Gasteiger partial charge in [0.05, 0.1) is 13.0 Å². The van der Waals surface area contributed by atoms with Crippen molar-refractivity contribution in [1.29, 1.82) is 0 Å². The minimum atomic E-state index is -4.69. The van der Waals surface area contributed by atoms with E-state index < -0.39 is 6.36 Å². The van der Waals surface area contributed by atoms with E-state index in [-0.39, 0.29) is 47.5 Å². The second kappa shape index (κ2) is 10.7. The molecule has 0 saturated carbocycles. The third kappa shape index (κ3) is 7.02. The molecule has 1 aliphatic heterocycles. The Hall–Kier alpha value is -1.72. The minimum absolute atomic E-state index is 0. The van der Waals surface area contributed by atoms with Crippen molar-refractivity contribution in [2.24, 2.45) is 16.8 Å². The van der Waals surface area contributed by atoms with Gasteiger partial charge >= 0.3 is 12.3 Å². The molecule has 0 spiro atoms. The Morgan fingerprint density at radius 3 is 2.46 bits per heavy atom. The Labute approximate surface area is 179 Å². The summed E-state index contributed by atoms with van der Waals surface area (Å²) in [6.07, 6.45) is -4.08. The lowest BCUT2D eigenvalue weighted by molar-refractivity contribution is -0.274. The van der Waals surface area contributed by atoms with Crippen molar-refractivity contribution in [3.05, 3.63) is 29.8 Å². The average molecular weight is 515 g/mol. The summed E-state index contributed by atoms with van der Waals surface area (Å²) < 4.78 is 45.2. The van der Waals surface area contributed by atoms with Crippen molar-refractivity contribution in [1.82, 2.24) is 10.2 Å². The molecule has 2 rings (SSSR count). The zero-order chi connectivity index (χ0) is 20.0. The molecule has 0 bridgehead atoms. The molecule has 28 heavy (non-hydrogen) atoms. The SMILES string of the molecule is CN=C(NCCc1ccc(OC(F)(F)F)cc1)N1CC(C)C(C(=O)OC)C1.I. The van der Waals surface area contributed by atoms with Gasteiger partial charge in [-0.05, 0) is 30.0 Å². The molecular formula is C18H25F3IN3O3. The number of aliphatic imine (C=N–C) groups is 1. The van der Waals surface area contributed by atoms with E-state index >= 15 is 0 Å². The normalized spacial score (nSPS) is 19.8. The Morgan fingerprint density at radius 1 is 1.29 bits per heavy atom. The monoisotopic (exact) mass is 515 g/mol. The van der Waals surface area contributed by atoms with Crippen molar-refractivity contribution in [3.8, 4) is 5.75 Å². The standard InChI is InChI=1S/C18H24F3N3O3.HI/c1-12-10-24(11-15(12)16(25)26-3)17(22-2)23-9-8-13-4-6-14(7-5-13)27-18(19,20)21;/h4-7,12,15H,8-11H2,1-3H3,(H,22,23);1H. The fourth-order valence-corrected chi connectivity index (χ4v) is 3.11. The molecule has 10 heteroatoms. The van der Waals surface area contributed by atoms with E-state index in [4.69, 9.17) is 4.74 Å². The van der Waals surface area contributed by atoms with Crippen LogP contribution in [-0.4, -0.2) is 57.0 Å². The van der Waals surface area contributed by atoms with Gasteiger partial charge in [0.25, 0.3) is 0 Å². The van der Waals surface area contributed by atoms with Crippen molar-refractivity contribution >= 4 is 35.9 Å². The average Bonchev–Trinajstić information content (AvgIpc) is 2.99. The maximum atomic E-state index is 12.2. The molecule has 0 aliphatic carbocycles. The maximum Gasteiger partial charge on any atom is 0.573 e. The van der Waals surface area contributed by atoms with Gasteiger partial charge in [0.2, 0.25) is 0 Å². The number of alkyl halides is 3. The van der Waals surface area contributed by atoms with Crippen LogP contribution in [0.3, 0.4) is 0 Å². The molecular weight excluding hydrogens is 490 g/mol. The van der Waals surface area contributed by atoms with E-state index in [0.29, 0.717) is 32.0 Å². The number of halogens is 4. The van der Waals surface area contributed by atoms with Crippen LogP contribution >= 0.6 is 24.0 Å². The molecule has 1 N–H and O–H groups in total. The van der Waals surface area contributed by atoms with E-state index in [9.17, 15) is 18.0 Å². The van der Waals surface area contributed by atoms with Crippen molar-refractivity contribution in [2.75, 3.05) is 33.8 Å². The van der Waals surface area contributed by atoms with Crippen LogP contribution in [0.25, 0.3) is 0 Å². The summed E-state index contributed by atoms with van der Waals surface area (Å²) in [5.74, 6) is 0.203. The van der Waals surface area contributed by atoms with Crippen LogP contribution in [0.4, 0.5) is 13.2 Å². The molecule has 1 aromatic rings. The molecule has 0 radical (unpaired) electrons. The fourth-order valence-electron chi connectivity index (χ4n) is 3.11. The number of rotatable bonds is 5. The highest BCUT2D eigenvalue weighted by Crippen LogP contribution is 2.24. The van der Waals surface area contributed by atoms with Crippen LogP contribution in [0.1, 0.15) is 12.5 Å². The summed E-state index contributed by atoms with van der Waals surface area (Å²) in [4.78, 5) is 18.1. The molecule has 1 aromatic carbocycles. The highest BCUT2D eigenvalue weighted by molar-refractivity contribution is 14.0. The Kier molecular flexibility index (Phi) is 9.31. The van der Waals surface area contributed by atoms with Crippen LogP contribution in [0.2, 0.25) is 0 Å². The van der Waals surface area contributed by atoms with Crippen LogP contribution in [0.5, 0.6) is 5.75 Å². The second-order valence-electron chi connectivity index (χ2n) is 6.43. The first-order valence-electron chi connectivity index (χ1n) is 8.61. The number of carbonyl (C=O) groups is 1. The molecule has 158 valence electrons. The Bertz CT molecular complexity index is 668. The molecule has 1 aliphatic rings. The predicted octanol–water partition coefficient (Wildman–Crippen LogP) is 3.06. The number of benzene rings is 1. The zero-order valence-corrected chi connectivity index (χ0v) is 18.3. The molecule has 2 unspecified atom stereocenters. The number of nitrogens with zero attached hydrogens (tertiary/aromatic N) is 2. The van der Waals surface area contributed by atoms with Gasteiger partial charge in [-0.25, -0.2) is 0 Å². The van der Waals surface area contributed by atoms with E-state index in [0.717, 1.165) is 5.56 Å². The van der Waals surface area contributed by atoms with E-state index in [1.54, 1.807) is 19.2 Å². The number of hydrogen-bond acceptors (Lipinski definition) is 4. The molecule has 6 nitrogen and oxygen atoms in total. The Morgan fingerprint density at radius 2 is 1.93 bits per heavy atom. The zero-order valence-electron chi connectivity index (χ0n) is 16.0. The lowest BCUT2D eigenvalue weighted by Gasteiger charge is -2.21. The number of guanidine groups is 1. The quantitative estimate of drug-likeness (QED) is 0.283. The van der Waals surface area contributed by atoms with Gasteiger partial charge in [-0.2, -0.15) is 0 Å². The van der Waals surface area contributed by atoms with E-state index in [1.807, 2.05) is 11.8 Å². The first-order valence-corrected chi connectivity index (χ1v) is 8.61. The number of likely N-dealkylation sites (tertiary alicyclic amines) is 1. The highest BCUT2D eigenvalue weighted by Gasteiger charge is 2.36. The number of hydrogen-bond donors (Lipinski definition) is 1. The fraction of sp³-hybridized carbons (Fsp3) is 0.556. The van der Waals surface area contributed by atoms with E-state index in [1.165, 1.54) is 19.2 Å². The third-order valence-electron chi connectivity index (χ3n) is 4.48.